The van der Waals surface area contributed by atoms with E-state index in [1.54, 1.807) is 30.3 Å². The summed E-state index contributed by atoms with van der Waals surface area (Å²) in [5, 5.41) is 0.548. The van der Waals surface area contributed by atoms with Crippen LogP contribution in [0.4, 0.5) is 5.69 Å². The summed E-state index contributed by atoms with van der Waals surface area (Å²) in [6, 6.07) is 9.90. The molecule has 0 aliphatic rings. The average molecular weight is 322 g/mol. The molecule has 0 amide bonds. The fraction of sp³-hybridized carbons (Fsp3) is 0.0714. The van der Waals surface area contributed by atoms with Crippen LogP contribution in [0.3, 0.4) is 0 Å². The van der Waals surface area contributed by atoms with Gasteiger partial charge in [-0.3, -0.25) is 0 Å². The second-order valence-corrected chi connectivity index (χ2v) is 7.22. The first-order valence-electron chi connectivity index (χ1n) is 6.10. The number of nitrogens with two attached hydrogens (primary N) is 1. The molecule has 0 unspecified atom stereocenters. The molecule has 108 valence electrons. The first-order valence-corrected chi connectivity index (χ1v) is 8.37. The molecule has 0 aliphatic heterocycles. The van der Waals surface area contributed by atoms with Crippen LogP contribution in [0.25, 0.3) is 22.4 Å². The van der Waals surface area contributed by atoms with Gasteiger partial charge >= 0.3 is 0 Å². The van der Waals surface area contributed by atoms with E-state index < -0.39 is 9.84 Å². The van der Waals surface area contributed by atoms with Crippen LogP contribution < -0.4 is 5.73 Å². The summed E-state index contributed by atoms with van der Waals surface area (Å²) in [6.07, 6.45) is 1.17. The van der Waals surface area contributed by atoms with Gasteiger partial charge in [0, 0.05) is 22.5 Å². The zero-order chi connectivity index (χ0) is 15.2. The third-order valence-electron chi connectivity index (χ3n) is 3.15. The molecule has 0 spiro atoms. The zero-order valence-electron chi connectivity index (χ0n) is 11.1. The number of hydrogen-bond acceptors (Lipinski definition) is 4. The van der Waals surface area contributed by atoms with E-state index in [-0.39, 0.29) is 4.90 Å². The molecule has 0 saturated carbocycles. The second-order valence-electron chi connectivity index (χ2n) is 4.77. The summed E-state index contributed by atoms with van der Waals surface area (Å²) in [5.74, 6) is 0.574. The lowest BCUT2D eigenvalue weighted by atomic mass is 10.2. The number of H-pyrrole nitrogens is 1. The van der Waals surface area contributed by atoms with Crippen LogP contribution in [-0.4, -0.2) is 24.6 Å². The van der Waals surface area contributed by atoms with E-state index in [0.717, 1.165) is 5.56 Å². The third-order valence-corrected chi connectivity index (χ3v) is 4.50. The number of rotatable bonds is 2. The van der Waals surface area contributed by atoms with Gasteiger partial charge < -0.3 is 10.7 Å². The van der Waals surface area contributed by atoms with Crippen molar-refractivity contribution in [1.29, 1.82) is 0 Å². The predicted molar refractivity (Wildman–Crippen MR) is 84.1 cm³/mol. The lowest BCUT2D eigenvalue weighted by molar-refractivity contribution is 0.602. The smallest absolute Gasteiger partial charge is 0.175 e. The number of nitrogens with zero attached hydrogens (tertiary/aromatic N) is 1. The number of halogens is 1. The average Bonchev–Trinajstić information content (AvgIpc) is 2.79. The standard InChI is InChI=1S/C14H12ClN3O2S/c1-21(19,20)9-3-5-12-13(7-9)18-14(17-12)10-4-2-8(15)6-11(10)16/h2-7H,16H2,1H3,(H,17,18). The molecule has 3 aromatic rings. The van der Waals surface area contributed by atoms with Crippen molar-refractivity contribution in [3.8, 4) is 11.4 Å². The number of aromatic nitrogens is 2. The summed E-state index contributed by atoms with van der Waals surface area (Å²) < 4.78 is 23.2. The topological polar surface area (TPSA) is 88.8 Å². The molecule has 1 heterocycles. The molecule has 0 radical (unpaired) electrons. The number of hydrogen-bond donors (Lipinski definition) is 2. The van der Waals surface area contributed by atoms with Crippen molar-refractivity contribution in [2.75, 3.05) is 12.0 Å². The number of nitrogens with one attached hydrogen (secondary N) is 1. The molecule has 3 N–H and O–H groups in total. The maximum absolute atomic E-state index is 11.6. The molecule has 5 nitrogen and oxygen atoms in total. The van der Waals surface area contributed by atoms with Crippen LogP contribution in [0.15, 0.2) is 41.3 Å². The number of sulfone groups is 1. The zero-order valence-corrected chi connectivity index (χ0v) is 12.7. The largest absolute Gasteiger partial charge is 0.398 e. The molecule has 2 aromatic carbocycles. The van der Waals surface area contributed by atoms with Crippen molar-refractivity contribution in [2.24, 2.45) is 0 Å². The Morgan fingerprint density at radius 3 is 2.62 bits per heavy atom. The Labute approximate surface area is 126 Å². The molecule has 0 saturated heterocycles. The van der Waals surface area contributed by atoms with E-state index in [1.807, 2.05) is 0 Å². The molecule has 21 heavy (non-hydrogen) atoms. The predicted octanol–water partition coefficient (Wildman–Crippen LogP) is 2.87. The molecule has 0 bridgehead atoms. The van der Waals surface area contributed by atoms with Gasteiger partial charge in [-0.2, -0.15) is 0 Å². The Kier molecular flexibility index (Phi) is 3.15. The minimum Gasteiger partial charge on any atom is -0.398 e. The Morgan fingerprint density at radius 1 is 1.19 bits per heavy atom. The van der Waals surface area contributed by atoms with Crippen LogP contribution in [0.2, 0.25) is 5.02 Å². The Hall–Kier alpha value is -2.05. The van der Waals surface area contributed by atoms with Crippen LogP contribution in [0.1, 0.15) is 0 Å². The molecule has 3 rings (SSSR count). The molecular formula is C14H12ClN3O2S. The van der Waals surface area contributed by atoms with Crippen LogP contribution in [0.5, 0.6) is 0 Å². The van der Waals surface area contributed by atoms with E-state index in [9.17, 15) is 8.42 Å². The normalized spacial score (nSPS) is 11.9. The Morgan fingerprint density at radius 2 is 1.95 bits per heavy atom. The fourth-order valence-corrected chi connectivity index (χ4v) is 2.92. The van der Waals surface area contributed by atoms with Gasteiger partial charge in [-0.1, -0.05) is 11.6 Å². The first kappa shape index (κ1) is 13.9. The van der Waals surface area contributed by atoms with Gasteiger partial charge in [0.05, 0.1) is 15.9 Å². The lowest BCUT2D eigenvalue weighted by Crippen LogP contribution is -1.96. The van der Waals surface area contributed by atoms with E-state index in [0.29, 0.717) is 27.6 Å². The van der Waals surface area contributed by atoms with E-state index >= 15 is 0 Å². The number of imidazole rings is 1. The van der Waals surface area contributed by atoms with Crippen LogP contribution >= 0.6 is 11.6 Å². The van der Waals surface area contributed by atoms with Gasteiger partial charge in [0.1, 0.15) is 5.82 Å². The van der Waals surface area contributed by atoms with Gasteiger partial charge in [0.25, 0.3) is 0 Å². The number of anilines is 1. The van der Waals surface area contributed by atoms with E-state index in [2.05, 4.69) is 9.97 Å². The minimum atomic E-state index is -3.25. The SMILES string of the molecule is CS(=O)(=O)c1ccc2nc(-c3ccc(Cl)cc3N)[nH]c2c1. The summed E-state index contributed by atoms with van der Waals surface area (Å²) in [7, 11) is -3.25. The summed E-state index contributed by atoms with van der Waals surface area (Å²) in [4.78, 5) is 7.75. The molecule has 0 atom stereocenters. The molecule has 0 aliphatic carbocycles. The van der Waals surface area contributed by atoms with Crippen molar-refractivity contribution in [1.82, 2.24) is 9.97 Å². The van der Waals surface area contributed by atoms with Gasteiger partial charge in [0.15, 0.2) is 9.84 Å². The highest BCUT2D eigenvalue weighted by molar-refractivity contribution is 7.90. The maximum Gasteiger partial charge on any atom is 0.175 e. The van der Waals surface area contributed by atoms with E-state index in [1.165, 1.54) is 12.3 Å². The van der Waals surface area contributed by atoms with Gasteiger partial charge in [-0.05, 0) is 36.4 Å². The number of fused-ring (bicyclic) bond motifs is 1. The van der Waals surface area contributed by atoms with Gasteiger partial charge in [-0.25, -0.2) is 13.4 Å². The van der Waals surface area contributed by atoms with Crippen molar-refractivity contribution in [3.63, 3.8) is 0 Å². The summed E-state index contributed by atoms with van der Waals surface area (Å²) in [5.41, 5.74) is 8.47. The van der Waals surface area contributed by atoms with Crippen molar-refractivity contribution in [3.05, 3.63) is 41.4 Å². The molecular weight excluding hydrogens is 310 g/mol. The fourth-order valence-electron chi connectivity index (χ4n) is 2.10. The highest BCUT2D eigenvalue weighted by Gasteiger charge is 2.12. The molecule has 7 heteroatoms. The summed E-state index contributed by atoms with van der Waals surface area (Å²) >= 11 is 5.88. The third kappa shape index (κ3) is 2.59. The highest BCUT2D eigenvalue weighted by Crippen LogP contribution is 2.28. The number of benzene rings is 2. The number of aromatic amines is 1. The Bertz CT molecular complexity index is 948. The van der Waals surface area contributed by atoms with Crippen molar-refractivity contribution >= 4 is 38.2 Å². The lowest BCUT2D eigenvalue weighted by Gasteiger charge is -2.02. The van der Waals surface area contributed by atoms with Gasteiger partial charge in [0.2, 0.25) is 0 Å². The monoisotopic (exact) mass is 321 g/mol. The minimum absolute atomic E-state index is 0.245. The van der Waals surface area contributed by atoms with E-state index in [4.69, 9.17) is 17.3 Å². The molecule has 0 fully saturated rings. The second kappa shape index (κ2) is 4.75. The van der Waals surface area contributed by atoms with Crippen molar-refractivity contribution < 1.29 is 8.42 Å². The first-order chi connectivity index (χ1) is 9.84. The highest BCUT2D eigenvalue weighted by atomic mass is 35.5. The van der Waals surface area contributed by atoms with Crippen LogP contribution in [-0.2, 0) is 9.84 Å². The van der Waals surface area contributed by atoms with Crippen molar-refractivity contribution in [2.45, 2.75) is 4.90 Å². The molecule has 1 aromatic heterocycles. The summed E-state index contributed by atoms with van der Waals surface area (Å²) in [6.45, 7) is 0. The number of nitrogen functional groups attached to an aromatic ring is 1. The maximum atomic E-state index is 11.6. The van der Waals surface area contributed by atoms with Gasteiger partial charge in [-0.15, -0.1) is 0 Å². The Balaban J connectivity index is 2.17. The van der Waals surface area contributed by atoms with Crippen LogP contribution in [0, 0.1) is 0 Å². The quantitative estimate of drug-likeness (QED) is 0.710.